The number of hydrogen-bond acceptors (Lipinski definition) is 0. The van der Waals surface area contributed by atoms with Crippen LogP contribution in [0.3, 0.4) is 0 Å². The third-order valence-electron chi connectivity index (χ3n) is 2.33. The number of rotatable bonds is 1. The second-order valence-corrected chi connectivity index (χ2v) is 3.74. The molecule has 1 heteroatoms. The number of hydrogen-bond donors (Lipinski definition) is 0. The summed E-state index contributed by atoms with van der Waals surface area (Å²) in [5.74, 6) is 4.19. The molecule has 1 aromatic carbocycles. The molecule has 0 nitrogen and oxygen atoms in total. The molecule has 0 spiro atoms. The topological polar surface area (TPSA) is 0 Å². The van der Waals surface area contributed by atoms with E-state index in [1.165, 1.54) is 22.3 Å². The van der Waals surface area contributed by atoms with Gasteiger partial charge in [-0.15, -0.1) is 0 Å². The third kappa shape index (κ3) is 1.93. The standard InChI is InChI=1S/C13H13B/c1-10-6-11(2)8-13(7-10)12-4-3-5-14-9-12/h3-9H,1-2H3. The van der Waals surface area contributed by atoms with E-state index in [4.69, 9.17) is 0 Å². The molecule has 0 fully saturated rings. The van der Waals surface area contributed by atoms with E-state index in [-0.39, 0.29) is 0 Å². The Labute approximate surface area is 85.8 Å². The summed E-state index contributed by atoms with van der Waals surface area (Å²) in [6, 6.07) is 10.9. The van der Waals surface area contributed by atoms with Crippen LogP contribution in [0, 0.1) is 13.8 Å². The van der Waals surface area contributed by atoms with E-state index in [1.807, 2.05) is 5.96 Å². The molecule has 14 heavy (non-hydrogen) atoms. The summed E-state index contributed by atoms with van der Waals surface area (Å²) in [6.45, 7) is 6.35. The molecule has 68 valence electrons. The molecule has 0 N–H and O–H groups in total. The van der Waals surface area contributed by atoms with Crippen molar-refractivity contribution in [1.82, 2.24) is 0 Å². The van der Waals surface area contributed by atoms with Crippen LogP contribution in [0.2, 0.25) is 0 Å². The van der Waals surface area contributed by atoms with Crippen LogP contribution in [0.4, 0.5) is 0 Å². The molecule has 2 rings (SSSR count). The van der Waals surface area contributed by atoms with E-state index in [1.54, 1.807) is 0 Å². The Morgan fingerprint density at radius 3 is 2.21 bits per heavy atom. The quantitative estimate of drug-likeness (QED) is 0.631. The first-order valence-electron chi connectivity index (χ1n) is 4.89. The maximum atomic E-state index is 2.22. The minimum atomic E-state index is 1.29. The van der Waals surface area contributed by atoms with Gasteiger partial charge in [0.2, 0.25) is 0 Å². The average Bonchev–Trinajstić information content (AvgIpc) is 2.18. The zero-order valence-corrected chi connectivity index (χ0v) is 8.62. The van der Waals surface area contributed by atoms with Crippen molar-refractivity contribution in [3.05, 3.63) is 53.4 Å². The van der Waals surface area contributed by atoms with Crippen LogP contribution in [0.1, 0.15) is 11.1 Å². The summed E-state index contributed by atoms with van der Waals surface area (Å²) >= 11 is 0. The average molecular weight is 180 g/mol. The van der Waals surface area contributed by atoms with Crippen molar-refractivity contribution in [2.24, 2.45) is 0 Å². The molecule has 1 aromatic heterocycles. The monoisotopic (exact) mass is 180 g/mol. The van der Waals surface area contributed by atoms with Crippen LogP contribution in [-0.4, -0.2) is 6.91 Å². The zero-order valence-electron chi connectivity index (χ0n) is 8.62. The predicted octanol–water partition coefficient (Wildman–Crippen LogP) is 3.31. The summed E-state index contributed by atoms with van der Waals surface area (Å²) in [5, 5.41) is 0. The fourth-order valence-electron chi connectivity index (χ4n) is 1.77. The molecule has 0 bridgehead atoms. The first-order valence-corrected chi connectivity index (χ1v) is 4.89. The number of benzene rings is 1. The summed E-state index contributed by atoms with van der Waals surface area (Å²) in [5.41, 5.74) is 5.25. The van der Waals surface area contributed by atoms with Crippen molar-refractivity contribution < 1.29 is 0 Å². The Bertz CT molecular complexity index is 412. The normalized spacial score (nSPS) is 9.86. The molecular formula is C13H13B. The molecular weight excluding hydrogens is 167 g/mol. The van der Waals surface area contributed by atoms with Gasteiger partial charge in [0.05, 0.1) is 0 Å². The van der Waals surface area contributed by atoms with Gasteiger partial charge in [0.1, 0.15) is 0 Å². The number of aryl methyl sites for hydroxylation is 2. The van der Waals surface area contributed by atoms with Crippen molar-refractivity contribution in [2.45, 2.75) is 13.8 Å². The molecule has 0 amide bonds. The van der Waals surface area contributed by atoms with Crippen molar-refractivity contribution in [3.8, 4) is 11.1 Å². The van der Waals surface area contributed by atoms with Gasteiger partial charge in [0, 0.05) is 0 Å². The first kappa shape index (κ1) is 9.20. The molecule has 0 aliphatic carbocycles. The van der Waals surface area contributed by atoms with Crippen molar-refractivity contribution in [2.75, 3.05) is 0 Å². The van der Waals surface area contributed by atoms with E-state index in [2.05, 4.69) is 57.1 Å². The molecule has 2 aromatic rings. The molecule has 1 heterocycles. The van der Waals surface area contributed by atoms with Gasteiger partial charge in [0.25, 0.3) is 0 Å². The fourth-order valence-corrected chi connectivity index (χ4v) is 1.77. The molecule has 0 unspecified atom stereocenters. The van der Waals surface area contributed by atoms with Crippen LogP contribution in [-0.2, 0) is 0 Å². The Balaban J connectivity index is 2.52. The van der Waals surface area contributed by atoms with E-state index in [0.29, 0.717) is 0 Å². The van der Waals surface area contributed by atoms with Gasteiger partial charge in [-0.05, 0) is 0 Å². The van der Waals surface area contributed by atoms with Crippen molar-refractivity contribution in [3.63, 3.8) is 0 Å². The van der Waals surface area contributed by atoms with E-state index in [9.17, 15) is 0 Å². The van der Waals surface area contributed by atoms with Gasteiger partial charge in [-0.1, -0.05) is 0 Å². The second-order valence-electron chi connectivity index (χ2n) is 3.74. The maximum absolute atomic E-state index is 2.22. The van der Waals surface area contributed by atoms with Gasteiger partial charge >= 0.3 is 85.3 Å². The SMILES string of the molecule is Cc1cc(C)cc(-c2cbccc2)c1. The fraction of sp³-hybridized carbons (Fsp3) is 0.154. The van der Waals surface area contributed by atoms with E-state index in [0.717, 1.165) is 0 Å². The predicted molar refractivity (Wildman–Crippen MR) is 62.7 cm³/mol. The minimum absolute atomic E-state index is 1.29. The summed E-state index contributed by atoms with van der Waals surface area (Å²) in [7, 11) is 0. The molecule has 0 saturated carbocycles. The Hall–Kier alpha value is -1.37. The van der Waals surface area contributed by atoms with Gasteiger partial charge in [-0.2, -0.15) is 0 Å². The molecule has 0 saturated heterocycles. The molecule has 0 aliphatic heterocycles. The Kier molecular flexibility index (Phi) is 2.49. The molecule has 0 radical (unpaired) electrons. The summed E-state index contributed by atoms with van der Waals surface area (Å²) in [6.07, 6.45) is 0. The van der Waals surface area contributed by atoms with Crippen LogP contribution in [0.5, 0.6) is 0 Å². The second kappa shape index (κ2) is 3.79. The van der Waals surface area contributed by atoms with Gasteiger partial charge < -0.3 is 0 Å². The summed E-state index contributed by atoms with van der Waals surface area (Å²) < 4.78 is 0. The van der Waals surface area contributed by atoms with Crippen LogP contribution >= 0.6 is 0 Å². The van der Waals surface area contributed by atoms with Crippen molar-refractivity contribution in [1.29, 1.82) is 0 Å². The third-order valence-corrected chi connectivity index (χ3v) is 2.33. The van der Waals surface area contributed by atoms with Crippen LogP contribution < -0.4 is 0 Å². The van der Waals surface area contributed by atoms with E-state index < -0.39 is 0 Å². The van der Waals surface area contributed by atoms with Crippen molar-refractivity contribution >= 4 is 6.91 Å². The van der Waals surface area contributed by atoms with E-state index >= 15 is 0 Å². The van der Waals surface area contributed by atoms with Gasteiger partial charge in [-0.25, -0.2) is 0 Å². The first-order chi connectivity index (χ1) is 6.75. The Morgan fingerprint density at radius 1 is 0.929 bits per heavy atom. The molecule has 0 aliphatic rings. The zero-order chi connectivity index (χ0) is 9.97. The molecule has 0 atom stereocenters. The van der Waals surface area contributed by atoms with Crippen LogP contribution in [0.15, 0.2) is 42.3 Å². The van der Waals surface area contributed by atoms with Crippen LogP contribution in [0.25, 0.3) is 11.1 Å². The van der Waals surface area contributed by atoms with Gasteiger partial charge in [0.15, 0.2) is 0 Å². The van der Waals surface area contributed by atoms with Gasteiger partial charge in [-0.3, -0.25) is 0 Å². The summed E-state index contributed by atoms with van der Waals surface area (Å²) in [4.78, 5) is 0. The Morgan fingerprint density at radius 2 is 1.64 bits per heavy atom.